The largest absolute Gasteiger partial charge is 0.383 e. The van der Waals surface area contributed by atoms with Crippen molar-refractivity contribution in [3.8, 4) is 6.07 Å². The first-order chi connectivity index (χ1) is 12.6. The van der Waals surface area contributed by atoms with Gasteiger partial charge >= 0.3 is 6.03 Å². The first-order valence-electron chi connectivity index (χ1n) is 7.55. The molecule has 0 aliphatic heterocycles. The van der Waals surface area contributed by atoms with Crippen molar-refractivity contribution in [3.63, 3.8) is 0 Å². The SMILES string of the molecule is COCCNc1cc(NC(=O)N(C)c2nccc(C=O)n2)ncc1C#N. The van der Waals surface area contributed by atoms with Crippen molar-refractivity contribution in [1.29, 1.82) is 5.26 Å². The zero-order valence-electron chi connectivity index (χ0n) is 14.3. The number of carbonyl (C=O) groups is 2. The molecule has 2 aromatic heterocycles. The minimum absolute atomic E-state index is 0.0687. The zero-order chi connectivity index (χ0) is 18.9. The van der Waals surface area contributed by atoms with E-state index in [-0.39, 0.29) is 17.5 Å². The minimum atomic E-state index is -0.548. The summed E-state index contributed by atoms with van der Waals surface area (Å²) in [5.41, 5.74) is 1.03. The number of anilines is 3. The van der Waals surface area contributed by atoms with Crippen LogP contribution >= 0.6 is 0 Å². The first kappa shape index (κ1) is 18.8. The third kappa shape index (κ3) is 4.71. The summed E-state index contributed by atoms with van der Waals surface area (Å²) < 4.78 is 4.96. The van der Waals surface area contributed by atoms with E-state index in [0.29, 0.717) is 30.7 Å². The van der Waals surface area contributed by atoms with Crippen molar-refractivity contribution in [2.24, 2.45) is 0 Å². The summed E-state index contributed by atoms with van der Waals surface area (Å²) in [6, 6.07) is 4.45. The van der Waals surface area contributed by atoms with Crippen LogP contribution in [0.25, 0.3) is 0 Å². The molecule has 10 heteroatoms. The van der Waals surface area contributed by atoms with Crippen molar-refractivity contribution in [1.82, 2.24) is 15.0 Å². The third-order valence-corrected chi connectivity index (χ3v) is 3.27. The number of aldehydes is 1. The number of carbonyl (C=O) groups excluding carboxylic acids is 2. The van der Waals surface area contributed by atoms with E-state index >= 15 is 0 Å². The molecule has 2 heterocycles. The summed E-state index contributed by atoms with van der Waals surface area (Å²) >= 11 is 0. The molecule has 10 nitrogen and oxygen atoms in total. The van der Waals surface area contributed by atoms with Crippen LogP contribution in [-0.4, -0.2) is 54.6 Å². The van der Waals surface area contributed by atoms with Crippen LogP contribution in [0.4, 0.5) is 22.2 Å². The number of rotatable bonds is 7. The Balaban J connectivity index is 2.13. The molecular weight excluding hydrogens is 338 g/mol. The van der Waals surface area contributed by atoms with Gasteiger partial charge in [-0.15, -0.1) is 0 Å². The summed E-state index contributed by atoms with van der Waals surface area (Å²) in [6.45, 7) is 0.955. The molecule has 0 spiro atoms. The predicted molar refractivity (Wildman–Crippen MR) is 94.2 cm³/mol. The Bertz CT molecular complexity index is 835. The second-order valence-electron chi connectivity index (χ2n) is 5.04. The standard InChI is InChI=1S/C16H17N7O3/c1-23(15-19-4-3-12(10-24)21-15)16(25)22-14-7-13(18-5-6-26-2)11(8-17)9-20-14/h3-4,7,9-10H,5-6H2,1-2H3,(H2,18,20,22,25). The normalized spacial score (nSPS) is 9.88. The summed E-state index contributed by atoms with van der Waals surface area (Å²) in [5.74, 6) is 0.312. The molecule has 0 fully saturated rings. The van der Waals surface area contributed by atoms with Crippen LogP contribution in [0.5, 0.6) is 0 Å². The number of methoxy groups -OCH3 is 1. The molecule has 2 amide bonds. The molecule has 0 radical (unpaired) electrons. The van der Waals surface area contributed by atoms with E-state index < -0.39 is 6.03 Å². The zero-order valence-corrected chi connectivity index (χ0v) is 14.3. The predicted octanol–water partition coefficient (Wildman–Crippen LogP) is 1.28. The van der Waals surface area contributed by atoms with E-state index in [9.17, 15) is 9.59 Å². The van der Waals surface area contributed by atoms with E-state index in [1.165, 1.54) is 25.5 Å². The summed E-state index contributed by atoms with van der Waals surface area (Å²) in [4.78, 5) is 36.2. The van der Waals surface area contributed by atoms with Gasteiger partial charge in [0.2, 0.25) is 5.95 Å². The van der Waals surface area contributed by atoms with Crippen LogP contribution in [0.1, 0.15) is 16.1 Å². The lowest BCUT2D eigenvalue weighted by Gasteiger charge is -2.16. The molecule has 0 aliphatic rings. The van der Waals surface area contributed by atoms with E-state index in [1.54, 1.807) is 13.2 Å². The molecule has 0 aromatic carbocycles. The molecule has 2 rings (SSSR count). The van der Waals surface area contributed by atoms with Crippen LogP contribution < -0.4 is 15.5 Å². The van der Waals surface area contributed by atoms with E-state index in [0.717, 1.165) is 4.90 Å². The number of aromatic nitrogens is 3. The van der Waals surface area contributed by atoms with Crippen molar-refractivity contribution >= 4 is 29.8 Å². The number of nitrogens with one attached hydrogen (secondary N) is 2. The van der Waals surface area contributed by atoms with Gasteiger partial charge in [0.25, 0.3) is 0 Å². The van der Waals surface area contributed by atoms with Crippen LogP contribution in [0, 0.1) is 11.3 Å². The number of nitrogens with zero attached hydrogens (tertiary/aromatic N) is 5. The Hall–Kier alpha value is -3.58. The van der Waals surface area contributed by atoms with Gasteiger partial charge in [-0.1, -0.05) is 0 Å². The average molecular weight is 355 g/mol. The Morgan fingerprint density at radius 1 is 1.46 bits per heavy atom. The fraction of sp³-hybridized carbons (Fsp3) is 0.250. The molecule has 2 aromatic rings. The van der Waals surface area contributed by atoms with Gasteiger partial charge in [-0.25, -0.2) is 19.7 Å². The van der Waals surface area contributed by atoms with Gasteiger partial charge in [0.1, 0.15) is 17.6 Å². The van der Waals surface area contributed by atoms with Gasteiger partial charge in [-0.3, -0.25) is 15.0 Å². The Labute approximate surface area is 149 Å². The summed E-state index contributed by atoms with van der Waals surface area (Å²) in [7, 11) is 3.03. The fourth-order valence-corrected chi connectivity index (χ4v) is 1.92. The molecule has 0 unspecified atom stereocenters. The number of ether oxygens (including phenoxy) is 1. The summed E-state index contributed by atoms with van der Waals surface area (Å²) in [5, 5.41) is 14.8. The van der Waals surface area contributed by atoms with Crippen LogP contribution in [0.15, 0.2) is 24.5 Å². The Morgan fingerprint density at radius 3 is 2.96 bits per heavy atom. The molecule has 0 bridgehead atoms. The second kappa shape index (κ2) is 9.05. The number of hydrogen-bond acceptors (Lipinski definition) is 8. The summed E-state index contributed by atoms with van der Waals surface area (Å²) in [6.07, 6.45) is 3.30. The molecule has 0 atom stereocenters. The number of amides is 2. The molecule has 26 heavy (non-hydrogen) atoms. The van der Waals surface area contributed by atoms with E-state index in [4.69, 9.17) is 10.00 Å². The van der Waals surface area contributed by atoms with Gasteiger partial charge in [0.05, 0.1) is 17.9 Å². The van der Waals surface area contributed by atoms with Crippen LogP contribution in [0.3, 0.4) is 0 Å². The minimum Gasteiger partial charge on any atom is -0.383 e. The van der Waals surface area contributed by atoms with Gasteiger partial charge in [0, 0.05) is 39.2 Å². The third-order valence-electron chi connectivity index (χ3n) is 3.27. The smallest absolute Gasteiger partial charge is 0.329 e. The monoisotopic (exact) mass is 355 g/mol. The molecule has 0 saturated heterocycles. The topological polar surface area (TPSA) is 133 Å². The number of urea groups is 1. The average Bonchev–Trinajstić information content (AvgIpc) is 2.67. The lowest BCUT2D eigenvalue weighted by molar-refractivity contribution is 0.111. The van der Waals surface area contributed by atoms with Crippen LogP contribution in [-0.2, 0) is 4.74 Å². The van der Waals surface area contributed by atoms with Crippen molar-refractivity contribution in [3.05, 3.63) is 35.8 Å². The second-order valence-corrected chi connectivity index (χ2v) is 5.04. The van der Waals surface area contributed by atoms with Gasteiger partial charge in [-0.2, -0.15) is 5.26 Å². The van der Waals surface area contributed by atoms with Gasteiger partial charge < -0.3 is 10.1 Å². The number of pyridine rings is 1. The fourth-order valence-electron chi connectivity index (χ4n) is 1.92. The van der Waals surface area contributed by atoms with Crippen LogP contribution in [0.2, 0.25) is 0 Å². The Kier molecular flexibility index (Phi) is 6.53. The first-order valence-corrected chi connectivity index (χ1v) is 7.55. The maximum atomic E-state index is 12.3. The van der Waals surface area contributed by atoms with Gasteiger partial charge in [-0.05, 0) is 6.07 Å². The molecular formula is C16H17N7O3. The lowest BCUT2D eigenvalue weighted by atomic mass is 10.2. The highest BCUT2D eigenvalue weighted by atomic mass is 16.5. The highest BCUT2D eigenvalue weighted by Gasteiger charge is 2.15. The quantitative estimate of drug-likeness (QED) is 0.560. The van der Waals surface area contributed by atoms with E-state index in [1.807, 2.05) is 6.07 Å². The maximum Gasteiger partial charge on any atom is 0.329 e. The molecule has 0 aliphatic carbocycles. The highest BCUT2D eigenvalue weighted by Crippen LogP contribution is 2.18. The Morgan fingerprint density at radius 2 is 2.27 bits per heavy atom. The molecule has 0 saturated carbocycles. The lowest BCUT2D eigenvalue weighted by Crippen LogP contribution is -2.33. The van der Waals surface area contributed by atoms with E-state index in [2.05, 4.69) is 25.6 Å². The highest BCUT2D eigenvalue weighted by molar-refractivity contribution is 6.00. The number of nitriles is 1. The number of hydrogen-bond donors (Lipinski definition) is 2. The maximum absolute atomic E-state index is 12.3. The molecule has 134 valence electrons. The van der Waals surface area contributed by atoms with Gasteiger partial charge in [0.15, 0.2) is 6.29 Å². The van der Waals surface area contributed by atoms with Crippen molar-refractivity contribution in [2.75, 3.05) is 42.8 Å². The molecule has 2 N–H and O–H groups in total. The van der Waals surface area contributed by atoms with Crippen molar-refractivity contribution in [2.45, 2.75) is 0 Å². The van der Waals surface area contributed by atoms with Crippen molar-refractivity contribution < 1.29 is 14.3 Å².